The van der Waals surface area contributed by atoms with Crippen molar-refractivity contribution in [1.82, 2.24) is 15.1 Å². The molecule has 18 heavy (non-hydrogen) atoms. The van der Waals surface area contributed by atoms with Crippen LogP contribution < -0.4 is 5.32 Å². The highest BCUT2D eigenvalue weighted by atomic mass is 35.5. The minimum Gasteiger partial charge on any atom is -0.309 e. The lowest BCUT2D eigenvalue weighted by molar-refractivity contribution is 0.397. The van der Waals surface area contributed by atoms with E-state index in [2.05, 4.69) is 45.0 Å². The maximum atomic E-state index is 6.31. The highest BCUT2D eigenvalue weighted by molar-refractivity contribution is 6.31. The SMILES string of the molecule is CCNC(c1c(Cl)cnn1C)C1C(C)(C)C1(C)C. The Balaban J connectivity index is 2.38. The molecule has 0 aromatic carbocycles. The number of aromatic nitrogens is 2. The predicted octanol–water partition coefficient (Wildman–Crippen LogP) is 3.41. The van der Waals surface area contributed by atoms with E-state index in [9.17, 15) is 0 Å². The Morgan fingerprint density at radius 3 is 2.28 bits per heavy atom. The molecule has 0 spiro atoms. The molecule has 0 bridgehead atoms. The minimum absolute atomic E-state index is 0.278. The summed E-state index contributed by atoms with van der Waals surface area (Å²) in [5.41, 5.74) is 1.77. The molecule has 1 heterocycles. The molecule has 1 atom stereocenters. The predicted molar refractivity (Wildman–Crippen MR) is 75.7 cm³/mol. The van der Waals surface area contributed by atoms with E-state index in [4.69, 9.17) is 11.6 Å². The normalized spacial score (nSPS) is 23.1. The summed E-state index contributed by atoms with van der Waals surface area (Å²) in [5, 5.41) is 8.63. The number of nitrogens with zero attached hydrogens (tertiary/aromatic N) is 2. The van der Waals surface area contributed by atoms with Crippen molar-refractivity contribution in [3.05, 3.63) is 16.9 Å². The van der Waals surface area contributed by atoms with Gasteiger partial charge in [-0.25, -0.2) is 0 Å². The van der Waals surface area contributed by atoms with Gasteiger partial charge in [-0.1, -0.05) is 46.2 Å². The number of halogens is 1. The van der Waals surface area contributed by atoms with Crippen LogP contribution in [-0.2, 0) is 7.05 Å². The van der Waals surface area contributed by atoms with Crippen molar-refractivity contribution >= 4 is 11.6 Å². The zero-order chi connectivity index (χ0) is 13.7. The molecule has 1 aliphatic rings. The van der Waals surface area contributed by atoms with Gasteiger partial charge in [0.2, 0.25) is 0 Å². The fourth-order valence-corrected chi connectivity index (χ4v) is 3.73. The van der Waals surface area contributed by atoms with Gasteiger partial charge in [0.25, 0.3) is 0 Å². The molecule has 1 aromatic rings. The van der Waals surface area contributed by atoms with E-state index >= 15 is 0 Å². The molecule has 0 saturated heterocycles. The van der Waals surface area contributed by atoms with Crippen LogP contribution in [0.15, 0.2) is 6.20 Å². The molecule has 1 fully saturated rings. The van der Waals surface area contributed by atoms with Crippen molar-refractivity contribution in [3.8, 4) is 0 Å². The topological polar surface area (TPSA) is 29.9 Å². The summed E-state index contributed by atoms with van der Waals surface area (Å²) < 4.78 is 1.90. The summed E-state index contributed by atoms with van der Waals surface area (Å²) in [6.45, 7) is 12.4. The molecule has 1 N–H and O–H groups in total. The van der Waals surface area contributed by atoms with Gasteiger partial charge in [0.15, 0.2) is 0 Å². The number of hydrogen-bond acceptors (Lipinski definition) is 2. The van der Waals surface area contributed by atoms with Crippen molar-refractivity contribution in [2.24, 2.45) is 23.8 Å². The Hall–Kier alpha value is -0.540. The van der Waals surface area contributed by atoms with Crippen molar-refractivity contribution < 1.29 is 0 Å². The molecule has 0 aliphatic heterocycles. The number of aryl methyl sites for hydroxylation is 1. The first-order chi connectivity index (χ1) is 8.25. The summed E-state index contributed by atoms with van der Waals surface area (Å²) in [6, 6.07) is 0.278. The molecule has 1 aromatic heterocycles. The van der Waals surface area contributed by atoms with E-state index in [-0.39, 0.29) is 6.04 Å². The maximum Gasteiger partial charge on any atom is 0.0834 e. The highest BCUT2D eigenvalue weighted by Gasteiger charge is 2.67. The monoisotopic (exact) mass is 269 g/mol. The van der Waals surface area contributed by atoms with E-state index < -0.39 is 0 Å². The van der Waals surface area contributed by atoms with Crippen LogP contribution in [0.1, 0.15) is 46.4 Å². The summed E-state index contributed by atoms with van der Waals surface area (Å²) in [6.07, 6.45) is 1.74. The quantitative estimate of drug-likeness (QED) is 0.908. The van der Waals surface area contributed by atoms with Crippen LogP contribution in [0.25, 0.3) is 0 Å². The largest absolute Gasteiger partial charge is 0.309 e. The van der Waals surface area contributed by atoms with E-state index in [1.165, 1.54) is 0 Å². The average molecular weight is 270 g/mol. The molecule has 2 rings (SSSR count). The summed E-state index contributed by atoms with van der Waals surface area (Å²) in [4.78, 5) is 0. The van der Waals surface area contributed by atoms with Crippen molar-refractivity contribution in [2.75, 3.05) is 6.54 Å². The molecular formula is C14H24ClN3. The molecule has 3 nitrogen and oxygen atoms in total. The first-order valence-electron chi connectivity index (χ1n) is 6.66. The van der Waals surface area contributed by atoms with Crippen LogP contribution in [0.3, 0.4) is 0 Å². The summed E-state index contributed by atoms with van der Waals surface area (Å²) >= 11 is 6.31. The molecule has 4 heteroatoms. The average Bonchev–Trinajstić information content (AvgIpc) is 2.53. The van der Waals surface area contributed by atoms with Crippen molar-refractivity contribution in [3.63, 3.8) is 0 Å². The molecule has 1 saturated carbocycles. The zero-order valence-corrected chi connectivity index (χ0v) is 13.0. The molecule has 1 unspecified atom stereocenters. The van der Waals surface area contributed by atoms with E-state index in [0.717, 1.165) is 17.3 Å². The Bertz CT molecular complexity index is 414. The fraction of sp³-hybridized carbons (Fsp3) is 0.786. The van der Waals surface area contributed by atoms with Gasteiger partial charge in [0, 0.05) is 7.05 Å². The second-order valence-corrected chi connectivity index (χ2v) is 6.86. The Morgan fingerprint density at radius 1 is 1.39 bits per heavy atom. The first-order valence-corrected chi connectivity index (χ1v) is 7.03. The Labute approximate surface area is 115 Å². The second-order valence-electron chi connectivity index (χ2n) is 6.46. The molecular weight excluding hydrogens is 246 g/mol. The number of hydrogen-bond donors (Lipinski definition) is 1. The van der Waals surface area contributed by atoms with Crippen LogP contribution in [-0.4, -0.2) is 16.3 Å². The standard InChI is InChI=1S/C14H24ClN3/c1-7-16-10(11-9(15)8-17-18(11)6)12-13(2,3)14(12,4)5/h8,10,12,16H,7H2,1-6H3. The van der Waals surface area contributed by atoms with Crippen LogP contribution in [0.2, 0.25) is 5.02 Å². The smallest absolute Gasteiger partial charge is 0.0834 e. The van der Waals surface area contributed by atoms with E-state index in [0.29, 0.717) is 16.7 Å². The maximum absolute atomic E-state index is 6.31. The fourth-order valence-electron chi connectivity index (χ4n) is 3.44. The van der Waals surface area contributed by atoms with Crippen molar-refractivity contribution in [1.29, 1.82) is 0 Å². The summed E-state index contributed by atoms with van der Waals surface area (Å²) in [5.74, 6) is 0.581. The lowest BCUT2D eigenvalue weighted by Crippen LogP contribution is -2.27. The molecule has 0 radical (unpaired) electrons. The first kappa shape index (κ1) is 13.9. The molecule has 1 aliphatic carbocycles. The second kappa shape index (κ2) is 4.24. The van der Waals surface area contributed by atoms with Gasteiger partial charge in [0.05, 0.1) is 23.0 Å². The third kappa shape index (κ3) is 1.79. The molecule has 102 valence electrons. The zero-order valence-electron chi connectivity index (χ0n) is 12.2. The van der Waals surface area contributed by atoms with Crippen LogP contribution in [0, 0.1) is 16.7 Å². The van der Waals surface area contributed by atoms with Crippen molar-refractivity contribution in [2.45, 2.75) is 40.7 Å². The van der Waals surface area contributed by atoms with Gasteiger partial charge in [-0.3, -0.25) is 4.68 Å². The van der Waals surface area contributed by atoms with Gasteiger partial charge < -0.3 is 5.32 Å². The molecule has 0 amide bonds. The van der Waals surface area contributed by atoms with Gasteiger partial charge in [-0.15, -0.1) is 0 Å². The van der Waals surface area contributed by atoms with Crippen LogP contribution in [0.5, 0.6) is 0 Å². The Kier molecular flexibility index (Phi) is 3.27. The van der Waals surface area contributed by atoms with E-state index in [1.54, 1.807) is 6.20 Å². The van der Waals surface area contributed by atoms with Crippen LogP contribution in [0.4, 0.5) is 0 Å². The van der Waals surface area contributed by atoms with Crippen LogP contribution >= 0.6 is 11.6 Å². The summed E-state index contributed by atoms with van der Waals surface area (Å²) in [7, 11) is 1.97. The lowest BCUT2D eigenvalue weighted by Gasteiger charge is -2.21. The highest BCUT2D eigenvalue weighted by Crippen LogP contribution is 2.72. The van der Waals surface area contributed by atoms with Gasteiger partial charge in [-0.05, 0) is 23.3 Å². The van der Waals surface area contributed by atoms with Gasteiger partial charge in [0.1, 0.15) is 0 Å². The van der Waals surface area contributed by atoms with Gasteiger partial charge in [-0.2, -0.15) is 5.10 Å². The minimum atomic E-state index is 0.278. The number of rotatable bonds is 4. The third-order valence-corrected chi connectivity index (χ3v) is 5.41. The lowest BCUT2D eigenvalue weighted by atomic mass is 10.0. The Morgan fingerprint density at radius 2 is 1.94 bits per heavy atom. The van der Waals surface area contributed by atoms with E-state index in [1.807, 2.05) is 11.7 Å². The third-order valence-electron chi connectivity index (χ3n) is 5.12. The number of nitrogens with one attached hydrogen (secondary N) is 1. The van der Waals surface area contributed by atoms with Gasteiger partial charge >= 0.3 is 0 Å².